The van der Waals surface area contributed by atoms with Gasteiger partial charge in [0.05, 0.1) is 16.4 Å². The van der Waals surface area contributed by atoms with Gasteiger partial charge in [-0.3, -0.25) is 0 Å². The summed E-state index contributed by atoms with van der Waals surface area (Å²) in [6.07, 6.45) is 0. The topological polar surface area (TPSA) is 66.4 Å². The summed E-state index contributed by atoms with van der Waals surface area (Å²) in [5.74, 6) is -1.00. The predicted molar refractivity (Wildman–Crippen MR) is 77.5 cm³/mol. The molecule has 114 valence electrons. The highest BCUT2D eigenvalue weighted by atomic mass is 35.5. The second-order valence-electron chi connectivity index (χ2n) is 5.34. The molecule has 0 aliphatic heterocycles. The Bertz CT molecular complexity index is 573. The van der Waals surface area contributed by atoms with Crippen molar-refractivity contribution in [3.63, 3.8) is 0 Å². The minimum atomic E-state index is -3.62. The van der Waals surface area contributed by atoms with Crippen LogP contribution in [0.4, 0.5) is 4.39 Å². The lowest BCUT2D eigenvalue weighted by Gasteiger charge is -2.27. The predicted octanol–water partition coefficient (Wildman–Crippen LogP) is 2.31. The number of halogens is 2. The van der Waals surface area contributed by atoms with Crippen molar-refractivity contribution in [1.82, 2.24) is 4.72 Å². The van der Waals surface area contributed by atoms with Crippen molar-refractivity contribution in [2.24, 2.45) is 5.92 Å². The van der Waals surface area contributed by atoms with Gasteiger partial charge in [-0.25, -0.2) is 17.5 Å². The van der Waals surface area contributed by atoms with Crippen LogP contribution >= 0.6 is 11.6 Å². The SMILES string of the molecule is CC(C)C(C)(O)CNS(=O)(=O)Cc1ccc(F)c(Cl)c1. The maximum atomic E-state index is 13.0. The van der Waals surface area contributed by atoms with E-state index in [1.807, 2.05) is 0 Å². The third-order valence-corrected chi connectivity index (χ3v) is 4.82. The normalized spacial score (nSPS) is 15.3. The monoisotopic (exact) mass is 323 g/mol. The summed E-state index contributed by atoms with van der Waals surface area (Å²) < 4.78 is 39.2. The number of hydrogen-bond acceptors (Lipinski definition) is 3. The fraction of sp³-hybridized carbons (Fsp3) is 0.538. The van der Waals surface area contributed by atoms with Crippen molar-refractivity contribution in [3.05, 3.63) is 34.6 Å². The summed E-state index contributed by atoms with van der Waals surface area (Å²) in [7, 11) is -3.62. The number of hydrogen-bond donors (Lipinski definition) is 2. The first-order chi connectivity index (χ1) is 9.03. The van der Waals surface area contributed by atoms with E-state index in [0.29, 0.717) is 5.56 Å². The van der Waals surface area contributed by atoms with Gasteiger partial charge in [-0.1, -0.05) is 31.5 Å². The van der Waals surface area contributed by atoms with Crippen LogP contribution in [0.1, 0.15) is 26.3 Å². The van der Waals surface area contributed by atoms with E-state index < -0.39 is 21.4 Å². The maximum Gasteiger partial charge on any atom is 0.215 e. The molecule has 0 fully saturated rings. The summed E-state index contributed by atoms with van der Waals surface area (Å²) in [5, 5.41) is 9.89. The molecule has 0 aromatic heterocycles. The lowest BCUT2D eigenvalue weighted by Crippen LogP contribution is -2.44. The van der Waals surface area contributed by atoms with Crippen LogP contribution in [0, 0.1) is 11.7 Å². The number of benzene rings is 1. The minimum absolute atomic E-state index is 0.0814. The Hall–Kier alpha value is -0.690. The van der Waals surface area contributed by atoms with Crippen LogP contribution in [-0.4, -0.2) is 25.7 Å². The Kier molecular flexibility index (Phi) is 5.54. The Morgan fingerprint density at radius 3 is 2.55 bits per heavy atom. The van der Waals surface area contributed by atoms with E-state index in [9.17, 15) is 17.9 Å². The molecule has 1 aromatic rings. The molecule has 1 atom stereocenters. The van der Waals surface area contributed by atoms with Crippen molar-refractivity contribution >= 4 is 21.6 Å². The summed E-state index contributed by atoms with van der Waals surface area (Å²) >= 11 is 5.60. The average Bonchev–Trinajstić information content (AvgIpc) is 2.31. The highest BCUT2D eigenvalue weighted by Crippen LogP contribution is 2.18. The van der Waals surface area contributed by atoms with E-state index >= 15 is 0 Å². The number of aliphatic hydroxyl groups is 1. The van der Waals surface area contributed by atoms with Crippen LogP contribution in [0.2, 0.25) is 5.02 Å². The van der Waals surface area contributed by atoms with E-state index in [4.69, 9.17) is 11.6 Å². The lowest BCUT2D eigenvalue weighted by molar-refractivity contribution is 0.0190. The first-order valence-corrected chi connectivity index (χ1v) is 8.20. The van der Waals surface area contributed by atoms with E-state index in [1.165, 1.54) is 12.1 Å². The van der Waals surface area contributed by atoms with Gasteiger partial charge in [0.15, 0.2) is 0 Å². The van der Waals surface area contributed by atoms with Crippen LogP contribution in [0.25, 0.3) is 0 Å². The van der Waals surface area contributed by atoms with Crippen LogP contribution < -0.4 is 4.72 Å². The van der Waals surface area contributed by atoms with Gasteiger partial charge in [0, 0.05) is 6.54 Å². The highest BCUT2D eigenvalue weighted by Gasteiger charge is 2.27. The van der Waals surface area contributed by atoms with Gasteiger partial charge in [-0.05, 0) is 30.5 Å². The largest absolute Gasteiger partial charge is 0.389 e. The van der Waals surface area contributed by atoms with Crippen molar-refractivity contribution < 1.29 is 17.9 Å². The van der Waals surface area contributed by atoms with E-state index in [1.54, 1.807) is 20.8 Å². The number of nitrogens with one attached hydrogen (secondary N) is 1. The third kappa shape index (κ3) is 5.01. The maximum absolute atomic E-state index is 13.0. The summed E-state index contributed by atoms with van der Waals surface area (Å²) in [5.41, 5.74) is -0.749. The molecule has 0 radical (unpaired) electrons. The van der Waals surface area contributed by atoms with E-state index in [2.05, 4.69) is 4.72 Å². The zero-order chi connectivity index (χ0) is 15.6. The van der Waals surface area contributed by atoms with Crippen molar-refractivity contribution in [1.29, 1.82) is 0 Å². The number of rotatable bonds is 6. The van der Waals surface area contributed by atoms with Gasteiger partial charge in [-0.2, -0.15) is 0 Å². The molecule has 1 aromatic carbocycles. The van der Waals surface area contributed by atoms with Gasteiger partial charge < -0.3 is 5.11 Å². The molecular formula is C13H19ClFNO3S. The third-order valence-electron chi connectivity index (χ3n) is 3.23. The molecule has 0 amide bonds. The van der Waals surface area contributed by atoms with Gasteiger partial charge in [0.1, 0.15) is 5.82 Å². The summed E-state index contributed by atoms with van der Waals surface area (Å²) in [4.78, 5) is 0. The van der Waals surface area contributed by atoms with Gasteiger partial charge >= 0.3 is 0 Å². The molecule has 0 spiro atoms. The van der Waals surface area contributed by atoms with Crippen LogP contribution in [-0.2, 0) is 15.8 Å². The number of sulfonamides is 1. The fourth-order valence-electron chi connectivity index (χ4n) is 1.36. The van der Waals surface area contributed by atoms with Crippen molar-refractivity contribution in [2.45, 2.75) is 32.1 Å². The van der Waals surface area contributed by atoms with Crippen LogP contribution in [0.15, 0.2) is 18.2 Å². The van der Waals surface area contributed by atoms with Crippen molar-refractivity contribution in [3.8, 4) is 0 Å². The first kappa shape index (κ1) is 17.4. The Morgan fingerprint density at radius 1 is 1.45 bits per heavy atom. The molecule has 0 bridgehead atoms. The molecule has 4 nitrogen and oxygen atoms in total. The van der Waals surface area contributed by atoms with E-state index in [0.717, 1.165) is 6.07 Å². The standard InChI is InChI=1S/C13H19ClFNO3S/c1-9(2)13(3,17)8-16-20(18,19)7-10-4-5-12(15)11(14)6-10/h4-6,9,16-17H,7-8H2,1-3H3. The molecule has 7 heteroatoms. The quantitative estimate of drug-likeness (QED) is 0.844. The zero-order valence-electron chi connectivity index (χ0n) is 11.7. The highest BCUT2D eigenvalue weighted by molar-refractivity contribution is 7.88. The molecule has 1 unspecified atom stereocenters. The smallest absolute Gasteiger partial charge is 0.215 e. The van der Waals surface area contributed by atoms with Crippen LogP contribution in [0.5, 0.6) is 0 Å². The fourth-order valence-corrected chi connectivity index (χ4v) is 2.80. The van der Waals surface area contributed by atoms with Gasteiger partial charge in [0.2, 0.25) is 10.0 Å². The Labute approximate surface area is 124 Å². The molecule has 0 saturated heterocycles. The molecule has 20 heavy (non-hydrogen) atoms. The second kappa shape index (κ2) is 6.39. The molecule has 0 heterocycles. The zero-order valence-corrected chi connectivity index (χ0v) is 13.2. The first-order valence-electron chi connectivity index (χ1n) is 6.17. The van der Waals surface area contributed by atoms with E-state index in [-0.39, 0.29) is 23.2 Å². The van der Waals surface area contributed by atoms with Gasteiger partial charge in [-0.15, -0.1) is 0 Å². The van der Waals surface area contributed by atoms with Gasteiger partial charge in [0.25, 0.3) is 0 Å². The second-order valence-corrected chi connectivity index (χ2v) is 7.55. The summed E-state index contributed by atoms with van der Waals surface area (Å²) in [6.45, 7) is 5.08. The summed E-state index contributed by atoms with van der Waals surface area (Å²) in [6, 6.07) is 3.76. The molecule has 1 rings (SSSR count). The minimum Gasteiger partial charge on any atom is -0.389 e. The molecule has 0 saturated carbocycles. The van der Waals surface area contributed by atoms with Crippen LogP contribution in [0.3, 0.4) is 0 Å². The Morgan fingerprint density at radius 2 is 2.05 bits per heavy atom. The molecule has 0 aliphatic rings. The molecule has 2 N–H and O–H groups in total. The Balaban J connectivity index is 2.73. The average molecular weight is 324 g/mol. The molecule has 0 aliphatic carbocycles. The lowest BCUT2D eigenvalue weighted by atomic mass is 9.93. The molecular weight excluding hydrogens is 305 g/mol. The van der Waals surface area contributed by atoms with Crippen molar-refractivity contribution in [2.75, 3.05) is 6.54 Å².